The SMILES string of the molecule is COc1ccccc1NC(=O)COC(=O)/C=C/c1ccc(OC)c(OC)c1. The molecule has 0 fully saturated rings. The number of nitrogens with one attached hydrogen (secondary N) is 1. The monoisotopic (exact) mass is 371 g/mol. The Morgan fingerprint density at radius 2 is 1.63 bits per heavy atom. The van der Waals surface area contributed by atoms with E-state index < -0.39 is 18.5 Å². The first-order chi connectivity index (χ1) is 13.1. The second kappa shape index (κ2) is 9.86. The summed E-state index contributed by atoms with van der Waals surface area (Å²) in [5.74, 6) is 0.548. The van der Waals surface area contributed by atoms with Crippen LogP contribution in [0, 0.1) is 0 Å². The Balaban J connectivity index is 1.88. The van der Waals surface area contributed by atoms with Gasteiger partial charge in [0, 0.05) is 6.08 Å². The normalized spacial score (nSPS) is 10.3. The van der Waals surface area contributed by atoms with Crippen LogP contribution < -0.4 is 19.5 Å². The largest absolute Gasteiger partial charge is 0.495 e. The molecular formula is C20H21NO6. The van der Waals surface area contributed by atoms with Crippen LogP contribution in [0.2, 0.25) is 0 Å². The van der Waals surface area contributed by atoms with E-state index in [0.717, 1.165) is 5.56 Å². The van der Waals surface area contributed by atoms with Gasteiger partial charge in [-0.3, -0.25) is 4.79 Å². The van der Waals surface area contributed by atoms with Crippen molar-refractivity contribution < 1.29 is 28.5 Å². The molecule has 0 spiro atoms. The molecule has 0 unspecified atom stereocenters. The number of carbonyl (C=O) groups excluding carboxylic acids is 2. The molecule has 7 nitrogen and oxygen atoms in total. The molecule has 0 heterocycles. The molecule has 0 aliphatic rings. The van der Waals surface area contributed by atoms with Crippen molar-refractivity contribution >= 4 is 23.6 Å². The molecule has 142 valence electrons. The standard InChI is InChI=1S/C20H21NO6/c1-24-16-7-5-4-6-15(16)21-19(22)13-27-20(23)11-9-14-8-10-17(25-2)18(12-14)26-3/h4-12H,13H2,1-3H3,(H,21,22)/b11-9+. The minimum absolute atomic E-state index is 0.410. The zero-order valence-electron chi connectivity index (χ0n) is 15.4. The van der Waals surface area contributed by atoms with Crippen LogP contribution in [0.25, 0.3) is 6.08 Å². The number of anilines is 1. The van der Waals surface area contributed by atoms with E-state index in [1.807, 2.05) is 0 Å². The highest BCUT2D eigenvalue weighted by Gasteiger charge is 2.09. The third-order valence-electron chi connectivity index (χ3n) is 3.55. The number of amides is 1. The van der Waals surface area contributed by atoms with E-state index in [9.17, 15) is 9.59 Å². The Morgan fingerprint density at radius 1 is 0.926 bits per heavy atom. The minimum Gasteiger partial charge on any atom is -0.495 e. The van der Waals surface area contributed by atoms with Crippen molar-refractivity contribution in [3.05, 3.63) is 54.1 Å². The lowest BCUT2D eigenvalue weighted by atomic mass is 10.2. The molecule has 2 rings (SSSR count). The molecular weight excluding hydrogens is 350 g/mol. The highest BCUT2D eigenvalue weighted by molar-refractivity contribution is 5.95. The quantitative estimate of drug-likeness (QED) is 0.567. The molecule has 0 atom stereocenters. The van der Waals surface area contributed by atoms with Gasteiger partial charge in [0.05, 0.1) is 27.0 Å². The van der Waals surface area contributed by atoms with E-state index >= 15 is 0 Å². The highest BCUT2D eigenvalue weighted by atomic mass is 16.5. The molecule has 1 N–H and O–H groups in total. The Labute approximate surface area is 157 Å². The van der Waals surface area contributed by atoms with E-state index in [1.165, 1.54) is 20.3 Å². The van der Waals surface area contributed by atoms with Gasteiger partial charge in [-0.05, 0) is 35.9 Å². The van der Waals surface area contributed by atoms with Gasteiger partial charge in [-0.25, -0.2) is 4.79 Å². The molecule has 0 aliphatic carbocycles. The summed E-state index contributed by atoms with van der Waals surface area (Å²) in [4.78, 5) is 23.7. The lowest BCUT2D eigenvalue weighted by Crippen LogP contribution is -2.20. The smallest absolute Gasteiger partial charge is 0.331 e. The first-order valence-electron chi connectivity index (χ1n) is 8.07. The molecule has 0 saturated carbocycles. The lowest BCUT2D eigenvalue weighted by Gasteiger charge is -2.09. The molecule has 0 aromatic heterocycles. The summed E-state index contributed by atoms with van der Waals surface area (Å²) in [6.07, 6.45) is 2.79. The molecule has 0 radical (unpaired) electrons. The first-order valence-corrected chi connectivity index (χ1v) is 8.07. The van der Waals surface area contributed by atoms with Gasteiger partial charge in [-0.2, -0.15) is 0 Å². The second-order valence-corrected chi connectivity index (χ2v) is 5.30. The van der Waals surface area contributed by atoms with Gasteiger partial charge in [0.2, 0.25) is 0 Å². The third-order valence-corrected chi connectivity index (χ3v) is 3.55. The van der Waals surface area contributed by atoms with Crippen LogP contribution in [0.1, 0.15) is 5.56 Å². The summed E-state index contributed by atoms with van der Waals surface area (Å²) in [6, 6.07) is 12.2. The van der Waals surface area contributed by atoms with Gasteiger partial charge in [0.1, 0.15) is 5.75 Å². The van der Waals surface area contributed by atoms with Gasteiger partial charge in [-0.1, -0.05) is 18.2 Å². The van der Waals surface area contributed by atoms with Crippen LogP contribution in [0.4, 0.5) is 5.69 Å². The maximum atomic E-state index is 11.9. The molecule has 27 heavy (non-hydrogen) atoms. The molecule has 0 saturated heterocycles. The van der Waals surface area contributed by atoms with E-state index in [4.69, 9.17) is 18.9 Å². The van der Waals surface area contributed by atoms with Crippen molar-refractivity contribution in [2.75, 3.05) is 33.3 Å². The lowest BCUT2D eigenvalue weighted by molar-refractivity contribution is -0.142. The fourth-order valence-electron chi connectivity index (χ4n) is 2.24. The number of methoxy groups -OCH3 is 3. The van der Waals surface area contributed by atoms with Crippen LogP contribution in [0.3, 0.4) is 0 Å². The molecule has 2 aromatic carbocycles. The number of hydrogen-bond donors (Lipinski definition) is 1. The van der Waals surface area contributed by atoms with Gasteiger partial charge < -0.3 is 24.3 Å². The molecule has 2 aromatic rings. The fraction of sp³-hybridized carbons (Fsp3) is 0.200. The number of para-hydroxylation sites is 2. The Morgan fingerprint density at radius 3 is 2.33 bits per heavy atom. The number of hydrogen-bond acceptors (Lipinski definition) is 6. The minimum atomic E-state index is -0.639. The van der Waals surface area contributed by atoms with Crippen molar-refractivity contribution in [2.24, 2.45) is 0 Å². The van der Waals surface area contributed by atoms with Crippen LogP contribution in [0.5, 0.6) is 17.2 Å². The van der Waals surface area contributed by atoms with Gasteiger partial charge >= 0.3 is 5.97 Å². The predicted molar refractivity (Wildman–Crippen MR) is 101 cm³/mol. The first kappa shape index (κ1) is 19.8. The summed E-state index contributed by atoms with van der Waals surface area (Å²) >= 11 is 0. The van der Waals surface area contributed by atoms with Crippen LogP contribution >= 0.6 is 0 Å². The van der Waals surface area contributed by atoms with Gasteiger partial charge in [0.25, 0.3) is 5.91 Å². The Hall–Kier alpha value is -3.48. The molecule has 1 amide bonds. The molecule has 0 aliphatic heterocycles. The average Bonchev–Trinajstić information content (AvgIpc) is 2.70. The van der Waals surface area contributed by atoms with Crippen molar-refractivity contribution in [1.82, 2.24) is 0 Å². The van der Waals surface area contributed by atoms with E-state index in [2.05, 4.69) is 5.32 Å². The molecule has 0 bridgehead atoms. The Bertz CT molecular complexity index is 831. The van der Waals surface area contributed by atoms with E-state index in [-0.39, 0.29) is 0 Å². The highest BCUT2D eigenvalue weighted by Crippen LogP contribution is 2.28. The predicted octanol–water partition coefficient (Wildman–Crippen LogP) is 2.91. The van der Waals surface area contributed by atoms with Crippen LogP contribution in [-0.4, -0.2) is 39.8 Å². The number of ether oxygens (including phenoxy) is 4. The van der Waals surface area contributed by atoms with Crippen molar-refractivity contribution in [1.29, 1.82) is 0 Å². The fourth-order valence-corrected chi connectivity index (χ4v) is 2.24. The zero-order valence-corrected chi connectivity index (χ0v) is 15.4. The van der Waals surface area contributed by atoms with Crippen molar-refractivity contribution in [2.45, 2.75) is 0 Å². The van der Waals surface area contributed by atoms with Crippen LogP contribution in [-0.2, 0) is 14.3 Å². The van der Waals surface area contributed by atoms with E-state index in [1.54, 1.807) is 55.7 Å². The van der Waals surface area contributed by atoms with Gasteiger partial charge in [-0.15, -0.1) is 0 Å². The molecule has 7 heteroatoms. The summed E-state index contributed by atoms with van der Waals surface area (Å²) in [5, 5.41) is 2.62. The average molecular weight is 371 g/mol. The van der Waals surface area contributed by atoms with Crippen LogP contribution in [0.15, 0.2) is 48.5 Å². The summed E-state index contributed by atoms with van der Waals surface area (Å²) in [5.41, 5.74) is 1.23. The summed E-state index contributed by atoms with van der Waals surface area (Å²) in [6.45, 7) is -0.410. The number of esters is 1. The second-order valence-electron chi connectivity index (χ2n) is 5.30. The third kappa shape index (κ3) is 5.78. The number of benzene rings is 2. The number of rotatable bonds is 8. The topological polar surface area (TPSA) is 83.1 Å². The maximum absolute atomic E-state index is 11.9. The maximum Gasteiger partial charge on any atom is 0.331 e. The van der Waals surface area contributed by atoms with Crippen molar-refractivity contribution in [3.63, 3.8) is 0 Å². The van der Waals surface area contributed by atoms with E-state index in [0.29, 0.717) is 22.9 Å². The summed E-state index contributed by atoms with van der Waals surface area (Å²) in [7, 11) is 4.57. The Kier molecular flexibility index (Phi) is 7.25. The zero-order chi connectivity index (χ0) is 19.6. The van der Waals surface area contributed by atoms with Gasteiger partial charge in [0.15, 0.2) is 18.1 Å². The number of carbonyl (C=O) groups is 2. The van der Waals surface area contributed by atoms with Crippen molar-refractivity contribution in [3.8, 4) is 17.2 Å². The summed E-state index contributed by atoms with van der Waals surface area (Å²) < 4.78 is 20.4.